The van der Waals surface area contributed by atoms with E-state index < -0.39 is 6.03 Å². The van der Waals surface area contributed by atoms with Crippen LogP contribution in [0, 0.1) is 5.92 Å². The van der Waals surface area contributed by atoms with Crippen molar-refractivity contribution < 1.29 is 9.59 Å². The van der Waals surface area contributed by atoms with E-state index in [1.54, 1.807) is 18.2 Å². The fourth-order valence-electron chi connectivity index (χ4n) is 1.46. The van der Waals surface area contributed by atoms with Gasteiger partial charge in [0.2, 0.25) is 5.91 Å². The molecule has 3 amide bonds. The lowest BCUT2D eigenvalue weighted by Crippen LogP contribution is -2.40. The number of carbonyl (C=O) groups excluding carboxylic acids is 2. The standard InChI is InChI=1S/C14H20ClN3O2S/c1-9(2)5-6-17-14(20)18-13(19)8-21-12-7-10(16)3-4-11(12)15/h3-4,7,9H,5-6,8,16H2,1-2H3,(H2,17,18,19,20). The summed E-state index contributed by atoms with van der Waals surface area (Å²) in [5.41, 5.74) is 6.23. The van der Waals surface area contributed by atoms with Crippen molar-refractivity contribution in [1.82, 2.24) is 10.6 Å². The Morgan fingerprint density at radius 1 is 1.38 bits per heavy atom. The van der Waals surface area contributed by atoms with Crippen LogP contribution in [-0.4, -0.2) is 24.2 Å². The SMILES string of the molecule is CC(C)CCNC(=O)NC(=O)CSc1cc(N)ccc1Cl. The van der Waals surface area contributed by atoms with Crippen molar-refractivity contribution >= 4 is 41.0 Å². The number of carbonyl (C=O) groups is 2. The van der Waals surface area contributed by atoms with Crippen molar-refractivity contribution in [2.45, 2.75) is 25.2 Å². The maximum absolute atomic E-state index is 11.7. The minimum atomic E-state index is -0.472. The van der Waals surface area contributed by atoms with E-state index >= 15 is 0 Å². The number of anilines is 1. The number of thioether (sulfide) groups is 1. The molecule has 4 N–H and O–H groups in total. The summed E-state index contributed by atoms with van der Waals surface area (Å²) in [6.45, 7) is 4.68. The molecule has 0 fully saturated rings. The van der Waals surface area contributed by atoms with Gasteiger partial charge in [-0.2, -0.15) is 0 Å². The summed E-state index contributed by atoms with van der Waals surface area (Å²) in [6.07, 6.45) is 0.870. The van der Waals surface area contributed by atoms with Gasteiger partial charge in [0.15, 0.2) is 0 Å². The van der Waals surface area contributed by atoms with Gasteiger partial charge in [0, 0.05) is 17.1 Å². The first-order valence-electron chi connectivity index (χ1n) is 6.64. The number of nitrogens with two attached hydrogens (primary N) is 1. The van der Waals surface area contributed by atoms with E-state index in [0.29, 0.717) is 28.1 Å². The first-order valence-corrected chi connectivity index (χ1v) is 8.00. The first-order chi connectivity index (χ1) is 9.88. The van der Waals surface area contributed by atoms with Gasteiger partial charge in [0.25, 0.3) is 0 Å². The van der Waals surface area contributed by atoms with Gasteiger partial charge in [0.05, 0.1) is 10.8 Å². The highest BCUT2D eigenvalue weighted by Crippen LogP contribution is 2.28. The number of hydrogen-bond acceptors (Lipinski definition) is 4. The maximum Gasteiger partial charge on any atom is 0.321 e. The van der Waals surface area contributed by atoms with Crippen molar-refractivity contribution in [3.05, 3.63) is 23.2 Å². The number of amides is 3. The lowest BCUT2D eigenvalue weighted by atomic mass is 10.1. The molecule has 0 saturated carbocycles. The number of benzene rings is 1. The van der Waals surface area contributed by atoms with Gasteiger partial charge >= 0.3 is 6.03 Å². The fraction of sp³-hybridized carbons (Fsp3) is 0.429. The van der Waals surface area contributed by atoms with Crippen molar-refractivity contribution in [1.29, 1.82) is 0 Å². The summed E-state index contributed by atoms with van der Waals surface area (Å²) in [5, 5.41) is 5.44. The van der Waals surface area contributed by atoms with Crippen LogP contribution >= 0.6 is 23.4 Å². The fourth-order valence-corrected chi connectivity index (χ4v) is 2.52. The van der Waals surface area contributed by atoms with Gasteiger partial charge in [0.1, 0.15) is 0 Å². The van der Waals surface area contributed by atoms with Gasteiger partial charge in [-0.25, -0.2) is 4.79 Å². The molecule has 0 saturated heterocycles. The number of rotatable bonds is 6. The molecule has 0 radical (unpaired) electrons. The summed E-state index contributed by atoms with van der Waals surface area (Å²) < 4.78 is 0. The highest BCUT2D eigenvalue weighted by atomic mass is 35.5. The Hall–Kier alpha value is -1.40. The number of hydrogen-bond donors (Lipinski definition) is 3. The van der Waals surface area contributed by atoms with Crippen molar-refractivity contribution in [2.75, 3.05) is 18.0 Å². The quantitative estimate of drug-likeness (QED) is 0.553. The summed E-state index contributed by atoms with van der Waals surface area (Å²) in [6, 6.07) is 4.59. The molecule has 0 aliphatic rings. The van der Waals surface area contributed by atoms with Crippen LogP contribution in [0.4, 0.5) is 10.5 Å². The number of nitrogen functional groups attached to an aromatic ring is 1. The van der Waals surface area contributed by atoms with Crippen molar-refractivity contribution in [3.63, 3.8) is 0 Å². The van der Waals surface area contributed by atoms with Crippen LogP contribution in [0.15, 0.2) is 23.1 Å². The molecule has 1 rings (SSSR count). The third kappa shape index (κ3) is 7.24. The van der Waals surface area contributed by atoms with E-state index in [-0.39, 0.29) is 11.7 Å². The summed E-state index contributed by atoms with van der Waals surface area (Å²) >= 11 is 7.23. The van der Waals surface area contributed by atoms with Crippen molar-refractivity contribution in [2.24, 2.45) is 5.92 Å². The van der Waals surface area contributed by atoms with E-state index in [0.717, 1.165) is 6.42 Å². The Morgan fingerprint density at radius 3 is 2.76 bits per heavy atom. The van der Waals surface area contributed by atoms with Crippen molar-refractivity contribution in [3.8, 4) is 0 Å². The molecule has 0 spiro atoms. The second kappa shape index (κ2) is 8.79. The second-order valence-corrected chi connectivity index (χ2v) is 6.39. The lowest BCUT2D eigenvalue weighted by molar-refractivity contribution is -0.117. The van der Waals surface area contributed by atoms with Gasteiger partial charge in [-0.05, 0) is 30.5 Å². The molecule has 0 aliphatic carbocycles. The number of halogens is 1. The van der Waals surface area contributed by atoms with Crippen LogP contribution in [0.3, 0.4) is 0 Å². The third-order valence-corrected chi connectivity index (χ3v) is 4.07. The largest absolute Gasteiger partial charge is 0.399 e. The molecule has 116 valence electrons. The van der Waals surface area contributed by atoms with Crippen LogP contribution in [-0.2, 0) is 4.79 Å². The average Bonchev–Trinajstić information content (AvgIpc) is 2.39. The average molecular weight is 330 g/mol. The van der Waals surface area contributed by atoms with E-state index in [9.17, 15) is 9.59 Å². The molecule has 0 bridgehead atoms. The monoisotopic (exact) mass is 329 g/mol. The highest BCUT2D eigenvalue weighted by molar-refractivity contribution is 8.00. The lowest BCUT2D eigenvalue weighted by Gasteiger charge is -2.08. The summed E-state index contributed by atoms with van der Waals surface area (Å²) in [4.78, 5) is 23.8. The molecular weight excluding hydrogens is 310 g/mol. The number of urea groups is 1. The smallest absolute Gasteiger partial charge is 0.321 e. The predicted molar refractivity (Wildman–Crippen MR) is 87.6 cm³/mol. The van der Waals surface area contributed by atoms with Gasteiger partial charge in [-0.1, -0.05) is 25.4 Å². The number of imide groups is 1. The van der Waals surface area contributed by atoms with E-state index in [2.05, 4.69) is 24.5 Å². The zero-order chi connectivity index (χ0) is 15.8. The van der Waals surface area contributed by atoms with Crippen LogP contribution < -0.4 is 16.4 Å². The minimum Gasteiger partial charge on any atom is -0.399 e. The molecular formula is C14H20ClN3O2S. The van der Waals surface area contributed by atoms with Gasteiger partial charge in [-0.15, -0.1) is 11.8 Å². The second-order valence-electron chi connectivity index (χ2n) is 4.97. The highest BCUT2D eigenvalue weighted by Gasteiger charge is 2.09. The Labute approximate surface area is 134 Å². The maximum atomic E-state index is 11.7. The first kappa shape index (κ1) is 17.7. The predicted octanol–water partition coefficient (Wildman–Crippen LogP) is 2.89. The molecule has 0 aromatic heterocycles. The molecule has 1 aromatic rings. The zero-order valence-electron chi connectivity index (χ0n) is 12.1. The van der Waals surface area contributed by atoms with Crippen LogP contribution in [0.5, 0.6) is 0 Å². The summed E-state index contributed by atoms with van der Waals surface area (Å²) in [7, 11) is 0. The topological polar surface area (TPSA) is 84.2 Å². The van der Waals surface area contributed by atoms with Crippen LogP contribution in [0.1, 0.15) is 20.3 Å². The summed E-state index contributed by atoms with van der Waals surface area (Å²) in [5.74, 6) is 0.226. The van der Waals surface area contributed by atoms with Gasteiger partial charge < -0.3 is 11.1 Å². The Kier molecular flexibility index (Phi) is 7.39. The molecule has 0 unspecified atom stereocenters. The molecule has 1 aromatic carbocycles. The molecule has 0 heterocycles. The zero-order valence-corrected chi connectivity index (χ0v) is 13.7. The Balaban J connectivity index is 2.33. The number of nitrogens with one attached hydrogen (secondary N) is 2. The van der Waals surface area contributed by atoms with Gasteiger partial charge in [-0.3, -0.25) is 10.1 Å². The Morgan fingerprint density at radius 2 is 2.10 bits per heavy atom. The molecule has 0 aliphatic heterocycles. The van der Waals surface area contributed by atoms with E-state index in [1.807, 2.05) is 0 Å². The third-order valence-electron chi connectivity index (χ3n) is 2.57. The minimum absolute atomic E-state index is 0.0980. The molecule has 21 heavy (non-hydrogen) atoms. The normalized spacial score (nSPS) is 10.5. The van der Waals surface area contributed by atoms with E-state index in [1.165, 1.54) is 11.8 Å². The van der Waals surface area contributed by atoms with Crippen LogP contribution in [0.2, 0.25) is 5.02 Å². The molecule has 7 heteroatoms. The molecule has 0 atom stereocenters. The Bertz CT molecular complexity index is 509. The molecule has 5 nitrogen and oxygen atoms in total. The van der Waals surface area contributed by atoms with E-state index in [4.69, 9.17) is 17.3 Å². The van der Waals surface area contributed by atoms with Crippen LogP contribution in [0.25, 0.3) is 0 Å².